The quantitative estimate of drug-likeness (QED) is 0.326. The van der Waals surface area contributed by atoms with Crippen molar-refractivity contribution in [3.63, 3.8) is 0 Å². The van der Waals surface area contributed by atoms with Gasteiger partial charge in [-0.25, -0.2) is 9.79 Å². The first kappa shape index (κ1) is 21.1. The van der Waals surface area contributed by atoms with E-state index in [-0.39, 0.29) is 17.2 Å². The molecule has 9 nitrogen and oxygen atoms in total. The van der Waals surface area contributed by atoms with Crippen LogP contribution < -0.4 is 5.32 Å². The third-order valence-electron chi connectivity index (χ3n) is 4.60. The largest absolute Gasteiger partial charge is 0.478 e. The number of benzene rings is 2. The first-order chi connectivity index (χ1) is 15.3. The van der Waals surface area contributed by atoms with Crippen LogP contribution in [-0.2, 0) is 4.79 Å². The summed E-state index contributed by atoms with van der Waals surface area (Å²) in [6.07, 6.45) is 1.52. The molecule has 2 aromatic carbocycles. The Hall–Kier alpha value is -4.18. The Morgan fingerprint density at radius 2 is 2.00 bits per heavy atom. The van der Waals surface area contributed by atoms with Crippen molar-refractivity contribution in [3.05, 3.63) is 86.5 Å². The molecule has 0 bridgehead atoms. The number of carboxylic acid groups (broad SMARTS) is 1. The van der Waals surface area contributed by atoms with Gasteiger partial charge >= 0.3 is 5.97 Å². The number of carbonyl (C=O) groups is 2. The molecule has 10 heteroatoms. The maximum absolute atomic E-state index is 12.4. The number of aromatic carboxylic acids is 1. The molecule has 1 aromatic heterocycles. The number of nitro groups is 1. The molecular formula is C22H15N3O6S. The smallest absolute Gasteiger partial charge is 0.335 e. The van der Waals surface area contributed by atoms with Crippen molar-refractivity contribution < 1.29 is 24.0 Å². The molecular weight excluding hydrogens is 434 g/mol. The monoisotopic (exact) mass is 449 g/mol. The van der Waals surface area contributed by atoms with Gasteiger partial charge in [-0.3, -0.25) is 14.9 Å². The molecule has 32 heavy (non-hydrogen) atoms. The number of rotatable bonds is 5. The Morgan fingerprint density at radius 1 is 1.22 bits per heavy atom. The fraction of sp³-hybridized carbons (Fsp3) is 0.0455. The number of aliphatic imine (C=N–C) groups is 1. The van der Waals surface area contributed by atoms with Crippen LogP contribution in [-0.4, -0.2) is 27.1 Å². The highest BCUT2D eigenvalue weighted by molar-refractivity contribution is 8.18. The van der Waals surface area contributed by atoms with Crippen LogP contribution in [0, 0.1) is 17.0 Å². The predicted octanol–water partition coefficient (Wildman–Crippen LogP) is 4.75. The summed E-state index contributed by atoms with van der Waals surface area (Å²) in [7, 11) is 0. The second-order valence-corrected chi connectivity index (χ2v) is 7.80. The third kappa shape index (κ3) is 4.30. The van der Waals surface area contributed by atoms with E-state index in [1.807, 2.05) is 0 Å². The standard InChI is InChI=1S/C22H15N3O6S/c1-12-6-7-13(21(27)28)10-16(12)23-22-24-20(26)19(32-22)11-14-8-9-18(31-14)15-4-2-3-5-17(15)25(29)30/h2-11H,1H3,(H,27,28)(H,23,24,26). The summed E-state index contributed by atoms with van der Waals surface area (Å²) >= 11 is 1.08. The lowest BCUT2D eigenvalue weighted by Gasteiger charge is -2.03. The van der Waals surface area contributed by atoms with Crippen molar-refractivity contribution in [1.82, 2.24) is 5.32 Å². The van der Waals surface area contributed by atoms with Gasteiger partial charge in [0.05, 0.1) is 26.6 Å². The van der Waals surface area contributed by atoms with E-state index in [2.05, 4.69) is 10.3 Å². The van der Waals surface area contributed by atoms with Crippen molar-refractivity contribution in [3.8, 4) is 11.3 Å². The van der Waals surface area contributed by atoms with Gasteiger partial charge in [-0.15, -0.1) is 0 Å². The normalized spacial score (nSPS) is 15.8. The number of hydrogen-bond donors (Lipinski definition) is 2. The second kappa shape index (κ2) is 8.52. The van der Waals surface area contributed by atoms with Crippen molar-refractivity contribution in [2.24, 2.45) is 4.99 Å². The summed E-state index contributed by atoms with van der Waals surface area (Å²) in [5, 5.41) is 23.3. The summed E-state index contributed by atoms with van der Waals surface area (Å²) < 4.78 is 5.71. The molecule has 0 radical (unpaired) electrons. The Morgan fingerprint density at radius 3 is 2.75 bits per heavy atom. The maximum Gasteiger partial charge on any atom is 0.335 e. The summed E-state index contributed by atoms with van der Waals surface area (Å²) in [6, 6.07) is 14.0. The summed E-state index contributed by atoms with van der Waals surface area (Å²) in [5.41, 5.74) is 1.54. The van der Waals surface area contributed by atoms with Gasteiger partial charge in [0.2, 0.25) is 0 Å². The average molecular weight is 449 g/mol. The van der Waals surface area contributed by atoms with Crippen molar-refractivity contribution in [1.29, 1.82) is 0 Å². The molecule has 2 heterocycles. The molecule has 0 saturated carbocycles. The van der Waals surface area contributed by atoms with Crippen LogP contribution in [0.2, 0.25) is 0 Å². The number of thioether (sulfide) groups is 1. The minimum absolute atomic E-state index is 0.0811. The molecule has 0 atom stereocenters. The summed E-state index contributed by atoms with van der Waals surface area (Å²) in [4.78, 5) is 39.0. The predicted molar refractivity (Wildman–Crippen MR) is 120 cm³/mol. The third-order valence-corrected chi connectivity index (χ3v) is 5.51. The number of carboxylic acids is 1. The molecule has 1 aliphatic rings. The SMILES string of the molecule is Cc1ccc(C(=O)O)cc1N=C1NC(=O)C(=Cc2ccc(-c3ccccc3[N+](=O)[O-])o2)S1. The number of carbonyl (C=O) groups excluding carboxylic acids is 1. The average Bonchev–Trinajstić information content (AvgIpc) is 3.36. The van der Waals surface area contributed by atoms with E-state index in [0.717, 1.165) is 17.3 Å². The highest BCUT2D eigenvalue weighted by Crippen LogP contribution is 2.33. The van der Waals surface area contributed by atoms with Crippen LogP contribution in [0.1, 0.15) is 21.7 Å². The van der Waals surface area contributed by atoms with Gasteiger partial charge in [-0.2, -0.15) is 0 Å². The molecule has 4 rings (SSSR count). The van der Waals surface area contributed by atoms with Gasteiger partial charge in [-0.05, 0) is 54.6 Å². The maximum atomic E-state index is 12.4. The lowest BCUT2D eigenvalue weighted by Crippen LogP contribution is -2.19. The van der Waals surface area contributed by atoms with E-state index in [0.29, 0.717) is 32.8 Å². The van der Waals surface area contributed by atoms with Gasteiger partial charge < -0.3 is 14.8 Å². The lowest BCUT2D eigenvalue weighted by molar-refractivity contribution is -0.384. The number of nitrogens with one attached hydrogen (secondary N) is 1. The topological polar surface area (TPSA) is 135 Å². The Balaban J connectivity index is 1.59. The molecule has 0 spiro atoms. The zero-order chi connectivity index (χ0) is 22.8. The van der Waals surface area contributed by atoms with Crippen LogP contribution in [0.4, 0.5) is 11.4 Å². The number of furan rings is 1. The summed E-state index contributed by atoms with van der Waals surface area (Å²) in [6.45, 7) is 1.79. The molecule has 1 saturated heterocycles. The first-order valence-electron chi connectivity index (χ1n) is 9.29. The molecule has 1 aliphatic heterocycles. The number of amides is 1. The first-order valence-corrected chi connectivity index (χ1v) is 10.1. The van der Waals surface area contributed by atoms with Crippen molar-refractivity contribution in [2.45, 2.75) is 6.92 Å². The van der Waals surface area contributed by atoms with Crippen LogP contribution in [0.3, 0.4) is 0 Å². The molecule has 160 valence electrons. The fourth-order valence-corrected chi connectivity index (χ4v) is 3.81. The molecule has 0 aliphatic carbocycles. The highest BCUT2D eigenvalue weighted by atomic mass is 32.2. The van der Waals surface area contributed by atoms with Crippen LogP contribution in [0.25, 0.3) is 17.4 Å². The van der Waals surface area contributed by atoms with E-state index >= 15 is 0 Å². The molecule has 1 amide bonds. The van der Waals surface area contributed by atoms with Crippen LogP contribution in [0.15, 0.2) is 68.9 Å². The molecule has 2 N–H and O–H groups in total. The van der Waals surface area contributed by atoms with Crippen molar-refractivity contribution >= 4 is 46.3 Å². The van der Waals surface area contributed by atoms with E-state index in [1.165, 1.54) is 24.3 Å². The molecule has 3 aromatic rings. The van der Waals surface area contributed by atoms with Gasteiger partial charge in [0, 0.05) is 12.1 Å². The number of aryl methyl sites for hydroxylation is 1. The number of para-hydroxylation sites is 1. The van der Waals surface area contributed by atoms with E-state index in [9.17, 15) is 19.7 Å². The van der Waals surface area contributed by atoms with Crippen LogP contribution in [0.5, 0.6) is 0 Å². The fourth-order valence-electron chi connectivity index (χ4n) is 3.00. The van der Waals surface area contributed by atoms with Gasteiger partial charge in [-0.1, -0.05) is 18.2 Å². The second-order valence-electron chi connectivity index (χ2n) is 6.76. The Kier molecular flexibility index (Phi) is 5.61. The van der Waals surface area contributed by atoms with Gasteiger partial charge in [0.25, 0.3) is 11.6 Å². The Bertz CT molecular complexity index is 1320. The highest BCUT2D eigenvalue weighted by Gasteiger charge is 2.25. The van der Waals surface area contributed by atoms with Gasteiger partial charge in [0.15, 0.2) is 5.17 Å². The number of amidine groups is 1. The van der Waals surface area contributed by atoms with E-state index in [4.69, 9.17) is 9.52 Å². The zero-order valence-electron chi connectivity index (χ0n) is 16.6. The minimum Gasteiger partial charge on any atom is -0.478 e. The number of nitro benzene ring substituents is 1. The van der Waals surface area contributed by atoms with E-state index in [1.54, 1.807) is 43.3 Å². The Labute approximate surface area is 185 Å². The summed E-state index contributed by atoms with van der Waals surface area (Å²) in [5.74, 6) is -0.796. The molecule has 1 fully saturated rings. The van der Waals surface area contributed by atoms with Crippen LogP contribution >= 0.6 is 11.8 Å². The molecule has 0 unspecified atom stereocenters. The minimum atomic E-state index is -1.07. The lowest BCUT2D eigenvalue weighted by atomic mass is 10.1. The van der Waals surface area contributed by atoms with Gasteiger partial charge in [0.1, 0.15) is 11.5 Å². The zero-order valence-corrected chi connectivity index (χ0v) is 17.4. The number of nitrogens with zero attached hydrogens (tertiary/aromatic N) is 2. The number of hydrogen-bond acceptors (Lipinski definition) is 7. The van der Waals surface area contributed by atoms with E-state index < -0.39 is 10.9 Å². The van der Waals surface area contributed by atoms with Crippen molar-refractivity contribution in [2.75, 3.05) is 0 Å².